The van der Waals surface area contributed by atoms with Gasteiger partial charge in [0.2, 0.25) is 0 Å². The molecule has 1 saturated heterocycles. The molecule has 0 atom stereocenters. The first kappa shape index (κ1) is 7.60. The van der Waals surface area contributed by atoms with E-state index in [9.17, 15) is 0 Å². The van der Waals surface area contributed by atoms with Gasteiger partial charge in [-0.05, 0) is 30.6 Å². The van der Waals surface area contributed by atoms with Gasteiger partial charge in [-0.25, -0.2) is 0 Å². The number of hydrogen-bond donors (Lipinski definition) is 0. The fourth-order valence-electron chi connectivity index (χ4n) is 1.85. The molecule has 1 aliphatic heterocycles. The molecule has 0 unspecified atom stereocenters. The summed E-state index contributed by atoms with van der Waals surface area (Å²) >= 11 is 0. The summed E-state index contributed by atoms with van der Waals surface area (Å²) in [4.78, 5) is 2.63. The molecule has 0 aromatic carbocycles. The van der Waals surface area contributed by atoms with Crippen LogP contribution in [0.4, 0.5) is 0 Å². The highest BCUT2D eigenvalue weighted by molar-refractivity contribution is 4.86. The lowest BCUT2D eigenvalue weighted by Crippen LogP contribution is -2.49. The van der Waals surface area contributed by atoms with Gasteiger partial charge >= 0.3 is 0 Å². The van der Waals surface area contributed by atoms with Gasteiger partial charge in [0, 0.05) is 19.6 Å². The third-order valence-electron chi connectivity index (χ3n) is 3.14. The average molecular weight is 153 g/mol. The van der Waals surface area contributed by atoms with E-state index in [0.29, 0.717) is 0 Å². The first-order valence-electron chi connectivity index (χ1n) is 4.98. The number of rotatable bonds is 3. The molecule has 1 aliphatic carbocycles. The molecule has 1 heteroatoms. The highest BCUT2D eigenvalue weighted by atomic mass is 15.2. The van der Waals surface area contributed by atoms with E-state index < -0.39 is 0 Å². The lowest BCUT2D eigenvalue weighted by molar-refractivity contribution is 0.0643. The second-order valence-corrected chi connectivity index (χ2v) is 4.67. The van der Waals surface area contributed by atoms with Crippen molar-refractivity contribution in [3.05, 3.63) is 0 Å². The highest BCUT2D eigenvalue weighted by Gasteiger charge is 2.33. The molecule has 0 aromatic rings. The Balaban J connectivity index is 1.63. The van der Waals surface area contributed by atoms with Crippen molar-refractivity contribution in [2.75, 3.05) is 19.6 Å². The van der Waals surface area contributed by atoms with Crippen LogP contribution < -0.4 is 0 Å². The van der Waals surface area contributed by atoms with Gasteiger partial charge in [0.1, 0.15) is 0 Å². The summed E-state index contributed by atoms with van der Waals surface area (Å²) in [6.07, 6.45) is 3.01. The quantitative estimate of drug-likeness (QED) is 0.599. The minimum atomic E-state index is 0.908. The van der Waals surface area contributed by atoms with Crippen LogP contribution in [0.1, 0.15) is 26.7 Å². The molecule has 64 valence electrons. The molecule has 2 rings (SSSR count). The number of hydrogen-bond acceptors (Lipinski definition) is 1. The van der Waals surface area contributed by atoms with Crippen LogP contribution in [-0.4, -0.2) is 24.5 Å². The molecule has 0 amide bonds. The molecule has 2 aliphatic rings. The monoisotopic (exact) mass is 153 g/mol. The summed E-state index contributed by atoms with van der Waals surface area (Å²) in [7, 11) is 0. The topological polar surface area (TPSA) is 3.24 Å². The molecular formula is C10H19N. The smallest absolute Gasteiger partial charge is 0.00246 e. The van der Waals surface area contributed by atoms with Gasteiger partial charge in [0.25, 0.3) is 0 Å². The lowest BCUT2D eigenvalue weighted by atomic mass is 9.88. The summed E-state index contributed by atoms with van der Waals surface area (Å²) in [5, 5.41) is 0. The van der Waals surface area contributed by atoms with Crippen LogP contribution in [0.15, 0.2) is 0 Å². The van der Waals surface area contributed by atoms with E-state index in [1.165, 1.54) is 32.5 Å². The van der Waals surface area contributed by atoms with Crippen molar-refractivity contribution in [2.24, 2.45) is 17.8 Å². The molecule has 0 spiro atoms. The van der Waals surface area contributed by atoms with Crippen molar-refractivity contribution in [1.29, 1.82) is 0 Å². The predicted molar refractivity (Wildman–Crippen MR) is 47.5 cm³/mol. The standard InChI is InChI=1S/C10H19N/c1-8(2)10-6-11(7-10)5-9-3-4-9/h8-10H,3-7H2,1-2H3. The normalized spacial score (nSPS) is 27.5. The van der Waals surface area contributed by atoms with E-state index in [2.05, 4.69) is 18.7 Å². The van der Waals surface area contributed by atoms with Crippen molar-refractivity contribution in [3.63, 3.8) is 0 Å². The maximum atomic E-state index is 2.63. The first-order chi connectivity index (χ1) is 5.25. The molecule has 0 bridgehead atoms. The zero-order chi connectivity index (χ0) is 7.84. The van der Waals surface area contributed by atoms with Gasteiger partial charge in [-0.2, -0.15) is 0 Å². The predicted octanol–water partition coefficient (Wildman–Crippen LogP) is 1.98. The molecule has 1 nitrogen and oxygen atoms in total. The van der Waals surface area contributed by atoms with Crippen LogP contribution >= 0.6 is 0 Å². The fraction of sp³-hybridized carbons (Fsp3) is 1.00. The number of nitrogens with zero attached hydrogens (tertiary/aromatic N) is 1. The van der Waals surface area contributed by atoms with Crippen LogP contribution in [0, 0.1) is 17.8 Å². The van der Waals surface area contributed by atoms with Crippen LogP contribution in [0.5, 0.6) is 0 Å². The zero-order valence-electron chi connectivity index (χ0n) is 7.71. The number of likely N-dealkylation sites (tertiary alicyclic amines) is 1. The van der Waals surface area contributed by atoms with Crippen LogP contribution in [-0.2, 0) is 0 Å². The Labute approximate surface area is 69.8 Å². The van der Waals surface area contributed by atoms with Crippen molar-refractivity contribution in [1.82, 2.24) is 4.90 Å². The summed E-state index contributed by atoms with van der Waals surface area (Å²) in [5.41, 5.74) is 0. The van der Waals surface area contributed by atoms with Crippen molar-refractivity contribution in [2.45, 2.75) is 26.7 Å². The third-order valence-corrected chi connectivity index (χ3v) is 3.14. The van der Waals surface area contributed by atoms with E-state index in [1.807, 2.05) is 0 Å². The molecular weight excluding hydrogens is 134 g/mol. The summed E-state index contributed by atoms with van der Waals surface area (Å²) < 4.78 is 0. The van der Waals surface area contributed by atoms with Gasteiger partial charge in [-0.15, -0.1) is 0 Å². The Kier molecular flexibility index (Phi) is 1.92. The van der Waals surface area contributed by atoms with Gasteiger partial charge in [-0.1, -0.05) is 13.8 Å². The lowest BCUT2D eigenvalue weighted by Gasteiger charge is -2.41. The van der Waals surface area contributed by atoms with Gasteiger partial charge in [0.05, 0.1) is 0 Å². The van der Waals surface area contributed by atoms with E-state index in [0.717, 1.165) is 17.8 Å². The Hall–Kier alpha value is -0.0400. The molecule has 11 heavy (non-hydrogen) atoms. The molecule has 0 N–H and O–H groups in total. The van der Waals surface area contributed by atoms with Crippen LogP contribution in [0.3, 0.4) is 0 Å². The Bertz CT molecular complexity index is 132. The first-order valence-corrected chi connectivity index (χ1v) is 4.98. The maximum absolute atomic E-state index is 2.63. The van der Waals surface area contributed by atoms with E-state index in [-0.39, 0.29) is 0 Å². The molecule has 0 aromatic heterocycles. The Morgan fingerprint density at radius 1 is 1.27 bits per heavy atom. The average Bonchev–Trinajstić information content (AvgIpc) is 2.58. The van der Waals surface area contributed by atoms with Crippen molar-refractivity contribution < 1.29 is 0 Å². The molecule has 1 heterocycles. The summed E-state index contributed by atoms with van der Waals surface area (Å²) in [5.74, 6) is 3.00. The fourth-order valence-corrected chi connectivity index (χ4v) is 1.85. The molecule has 1 saturated carbocycles. The maximum Gasteiger partial charge on any atom is 0.00246 e. The molecule has 0 radical (unpaired) electrons. The molecule has 2 fully saturated rings. The van der Waals surface area contributed by atoms with Gasteiger partial charge < -0.3 is 4.90 Å². The SMILES string of the molecule is CC(C)C1CN(CC2CC2)C1. The second-order valence-electron chi connectivity index (χ2n) is 4.67. The Morgan fingerprint density at radius 2 is 1.91 bits per heavy atom. The van der Waals surface area contributed by atoms with E-state index in [4.69, 9.17) is 0 Å². The largest absolute Gasteiger partial charge is 0.302 e. The highest BCUT2D eigenvalue weighted by Crippen LogP contribution is 2.33. The van der Waals surface area contributed by atoms with Crippen molar-refractivity contribution in [3.8, 4) is 0 Å². The van der Waals surface area contributed by atoms with Crippen LogP contribution in [0.25, 0.3) is 0 Å². The van der Waals surface area contributed by atoms with Gasteiger partial charge in [0.15, 0.2) is 0 Å². The Morgan fingerprint density at radius 3 is 2.36 bits per heavy atom. The summed E-state index contributed by atoms with van der Waals surface area (Å²) in [6.45, 7) is 8.86. The second kappa shape index (κ2) is 2.78. The van der Waals surface area contributed by atoms with E-state index >= 15 is 0 Å². The van der Waals surface area contributed by atoms with Crippen molar-refractivity contribution >= 4 is 0 Å². The minimum Gasteiger partial charge on any atom is -0.302 e. The zero-order valence-corrected chi connectivity index (χ0v) is 7.71. The minimum absolute atomic E-state index is 0.908. The third kappa shape index (κ3) is 1.76. The van der Waals surface area contributed by atoms with E-state index in [1.54, 1.807) is 0 Å². The van der Waals surface area contributed by atoms with Gasteiger partial charge in [-0.3, -0.25) is 0 Å². The van der Waals surface area contributed by atoms with Crippen LogP contribution in [0.2, 0.25) is 0 Å². The summed E-state index contributed by atoms with van der Waals surface area (Å²) in [6, 6.07) is 0.